The van der Waals surface area contributed by atoms with Crippen molar-refractivity contribution in [1.82, 2.24) is 4.57 Å². The van der Waals surface area contributed by atoms with Crippen molar-refractivity contribution in [2.24, 2.45) is 10.1 Å². The molecule has 2 heterocycles. The predicted molar refractivity (Wildman–Crippen MR) is 112 cm³/mol. The van der Waals surface area contributed by atoms with Crippen LogP contribution in [0.15, 0.2) is 34.5 Å². The maximum absolute atomic E-state index is 12.9. The van der Waals surface area contributed by atoms with E-state index in [1.165, 1.54) is 18.4 Å². The van der Waals surface area contributed by atoms with Gasteiger partial charge in [0.25, 0.3) is 5.91 Å². The Morgan fingerprint density at radius 3 is 2.82 bits per heavy atom. The molecule has 1 unspecified atom stereocenters. The summed E-state index contributed by atoms with van der Waals surface area (Å²) in [7, 11) is 1.52. The Balaban J connectivity index is 2.00. The van der Waals surface area contributed by atoms with Gasteiger partial charge in [-0.2, -0.15) is 4.99 Å². The molecular weight excluding hydrogens is 398 g/mol. The van der Waals surface area contributed by atoms with E-state index in [1.54, 1.807) is 18.2 Å². The molecular formula is C20H24ClN3O3S. The zero-order valence-corrected chi connectivity index (χ0v) is 18.2. The number of thiazole rings is 1. The second-order valence-electron chi connectivity index (χ2n) is 7.80. The topological polar surface area (TPSA) is 65.2 Å². The number of amides is 1. The van der Waals surface area contributed by atoms with Crippen LogP contribution in [0.3, 0.4) is 0 Å². The van der Waals surface area contributed by atoms with Gasteiger partial charge in [0.2, 0.25) is 0 Å². The largest absolute Gasteiger partial charge is 0.496 e. The van der Waals surface area contributed by atoms with Crippen LogP contribution in [0.2, 0.25) is 5.02 Å². The number of halogens is 1. The van der Waals surface area contributed by atoms with Crippen molar-refractivity contribution < 1.29 is 14.4 Å². The monoisotopic (exact) mass is 421 g/mol. The fourth-order valence-corrected chi connectivity index (χ4v) is 4.05. The third kappa shape index (κ3) is 4.64. The first-order valence-corrected chi connectivity index (χ1v) is 10.2. The summed E-state index contributed by atoms with van der Waals surface area (Å²) in [6.45, 7) is 8.92. The molecule has 150 valence electrons. The number of aromatic nitrogens is 1. The van der Waals surface area contributed by atoms with Crippen LogP contribution in [0.1, 0.15) is 49.4 Å². The number of oxime groups is 1. The van der Waals surface area contributed by atoms with Crippen LogP contribution in [0.4, 0.5) is 0 Å². The van der Waals surface area contributed by atoms with Crippen molar-refractivity contribution in [3.63, 3.8) is 0 Å². The Hall–Kier alpha value is -2.12. The summed E-state index contributed by atoms with van der Waals surface area (Å²) < 4.78 is 7.26. The summed E-state index contributed by atoms with van der Waals surface area (Å²) in [5.41, 5.74) is 1.25. The Morgan fingerprint density at radius 1 is 1.46 bits per heavy atom. The Bertz CT molecular complexity index is 985. The molecule has 2 aromatic rings. The standard InChI is InChI=1S/C20H24ClN3O3S/c1-12-8-14(27-23-12)10-24-11-17(20(2,3)4)28-19(24)22-18(25)15-9-13(21)6-7-16(15)26-5/h6-7,9,11,14H,8,10H2,1-5H3. The maximum atomic E-state index is 12.9. The van der Waals surface area contributed by atoms with Crippen LogP contribution < -0.4 is 9.54 Å². The third-order valence-corrected chi connectivity index (χ3v) is 6.01. The van der Waals surface area contributed by atoms with E-state index < -0.39 is 5.91 Å². The fraction of sp³-hybridized carbons (Fsp3) is 0.450. The Morgan fingerprint density at radius 2 is 2.21 bits per heavy atom. The minimum atomic E-state index is -0.393. The van der Waals surface area contributed by atoms with Crippen molar-refractivity contribution in [1.29, 1.82) is 0 Å². The molecule has 6 nitrogen and oxygen atoms in total. The average Bonchev–Trinajstić information content (AvgIpc) is 3.21. The van der Waals surface area contributed by atoms with Gasteiger partial charge in [-0.3, -0.25) is 4.79 Å². The molecule has 0 saturated carbocycles. The zero-order valence-electron chi connectivity index (χ0n) is 16.7. The molecule has 1 atom stereocenters. The number of carbonyl (C=O) groups excluding carboxylic acids is 1. The molecule has 0 N–H and O–H groups in total. The minimum absolute atomic E-state index is 0.0556. The maximum Gasteiger partial charge on any atom is 0.283 e. The average molecular weight is 422 g/mol. The first-order valence-electron chi connectivity index (χ1n) is 9.00. The van der Waals surface area contributed by atoms with Crippen LogP contribution in [-0.4, -0.2) is 29.4 Å². The lowest BCUT2D eigenvalue weighted by molar-refractivity contribution is 0.0717. The van der Waals surface area contributed by atoms with E-state index in [2.05, 4.69) is 30.9 Å². The summed E-state index contributed by atoms with van der Waals surface area (Å²) in [6, 6.07) is 4.92. The number of hydrogen-bond donors (Lipinski definition) is 0. The summed E-state index contributed by atoms with van der Waals surface area (Å²) in [4.78, 5) is 24.5. The second-order valence-corrected chi connectivity index (χ2v) is 9.25. The van der Waals surface area contributed by atoms with Crippen molar-refractivity contribution in [3.05, 3.63) is 44.7 Å². The van der Waals surface area contributed by atoms with Gasteiger partial charge in [0, 0.05) is 22.5 Å². The van der Waals surface area contributed by atoms with E-state index in [-0.39, 0.29) is 11.5 Å². The van der Waals surface area contributed by atoms with Crippen LogP contribution in [-0.2, 0) is 16.8 Å². The van der Waals surface area contributed by atoms with Crippen LogP contribution >= 0.6 is 22.9 Å². The minimum Gasteiger partial charge on any atom is -0.496 e. The van der Waals surface area contributed by atoms with Gasteiger partial charge in [0.15, 0.2) is 10.9 Å². The molecule has 0 saturated heterocycles. The van der Waals surface area contributed by atoms with E-state index in [9.17, 15) is 4.79 Å². The van der Waals surface area contributed by atoms with E-state index in [0.29, 0.717) is 27.7 Å². The van der Waals surface area contributed by atoms with E-state index >= 15 is 0 Å². The van der Waals surface area contributed by atoms with Crippen molar-refractivity contribution in [2.45, 2.75) is 52.2 Å². The number of nitrogens with zero attached hydrogens (tertiary/aromatic N) is 3. The summed E-state index contributed by atoms with van der Waals surface area (Å²) in [5, 5.41) is 4.48. The van der Waals surface area contributed by atoms with Crippen LogP contribution in [0.25, 0.3) is 0 Å². The summed E-state index contributed by atoms with van der Waals surface area (Å²) >= 11 is 7.56. The van der Waals surface area contributed by atoms with Gasteiger partial charge in [-0.15, -0.1) is 11.3 Å². The van der Waals surface area contributed by atoms with E-state index in [4.69, 9.17) is 21.2 Å². The third-order valence-electron chi connectivity index (χ3n) is 4.33. The van der Waals surface area contributed by atoms with Gasteiger partial charge in [0.1, 0.15) is 5.75 Å². The lowest BCUT2D eigenvalue weighted by atomic mass is 9.95. The van der Waals surface area contributed by atoms with Crippen LogP contribution in [0, 0.1) is 0 Å². The molecule has 0 bridgehead atoms. The van der Waals surface area contributed by atoms with Gasteiger partial charge in [-0.25, -0.2) is 0 Å². The van der Waals surface area contributed by atoms with Crippen molar-refractivity contribution in [3.8, 4) is 5.75 Å². The molecule has 3 rings (SSSR count). The smallest absolute Gasteiger partial charge is 0.283 e. The zero-order chi connectivity index (χ0) is 20.5. The van der Waals surface area contributed by atoms with Gasteiger partial charge >= 0.3 is 0 Å². The fourth-order valence-electron chi connectivity index (χ4n) is 2.82. The predicted octanol–water partition coefficient (Wildman–Crippen LogP) is 4.42. The molecule has 28 heavy (non-hydrogen) atoms. The molecule has 1 aliphatic heterocycles. The number of ether oxygens (including phenoxy) is 1. The molecule has 8 heteroatoms. The number of methoxy groups -OCH3 is 1. The van der Waals surface area contributed by atoms with Crippen molar-refractivity contribution in [2.75, 3.05) is 7.11 Å². The van der Waals surface area contributed by atoms with Crippen LogP contribution in [0.5, 0.6) is 5.75 Å². The molecule has 0 aliphatic carbocycles. The highest BCUT2D eigenvalue weighted by Crippen LogP contribution is 2.26. The van der Waals surface area contributed by atoms with Crippen molar-refractivity contribution >= 4 is 34.6 Å². The quantitative estimate of drug-likeness (QED) is 0.734. The Kier molecular flexibility index (Phi) is 5.95. The lowest BCUT2D eigenvalue weighted by Crippen LogP contribution is -2.24. The molecule has 0 radical (unpaired) electrons. The molecule has 1 aromatic heterocycles. The van der Waals surface area contributed by atoms with E-state index in [1.807, 2.05) is 17.7 Å². The SMILES string of the molecule is COc1ccc(Cl)cc1C(=O)N=c1sc(C(C)(C)C)cn1CC1CC(C)=NO1. The summed E-state index contributed by atoms with van der Waals surface area (Å²) in [5.74, 6) is 0.0515. The highest BCUT2D eigenvalue weighted by molar-refractivity contribution is 7.09. The molecule has 0 fully saturated rings. The first kappa shape index (κ1) is 20.6. The van der Waals surface area contributed by atoms with Gasteiger partial charge in [-0.1, -0.05) is 37.5 Å². The normalized spacial score (nSPS) is 17.4. The number of carbonyl (C=O) groups is 1. The first-order chi connectivity index (χ1) is 13.2. The number of hydrogen-bond acceptors (Lipinski definition) is 5. The lowest BCUT2D eigenvalue weighted by Gasteiger charge is -2.15. The highest BCUT2D eigenvalue weighted by atomic mass is 35.5. The molecule has 0 spiro atoms. The van der Waals surface area contributed by atoms with Gasteiger partial charge < -0.3 is 14.1 Å². The van der Waals surface area contributed by atoms with E-state index in [0.717, 1.165) is 17.0 Å². The second kappa shape index (κ2) is 8.09. The molecule has 1 aromatic carbocycles. The molecule has 1 amide bonds. The number of benzene rings is 1. The highest BCUT2D eigenvalue weighted by Gasteiger charge is 2.23. The molecule has 1 aliphatic rings. The number of rotatable bonds is 4. The van der Waals surface area contributed by atoms with Gasteiger partial charge in [0.05, 0.1) is 24.9 Å². The Labute approximate surface area is 173 Å². The van der Waals surface area contributed by atoms with Gasteiger partial charge in [-0.05, 0) is 30.5 Å². The summed E-state index contributed by atoms with van der Waals surface area (Å²) in [6.07, 6.45) is 2.75.